The van der Waals surface area contributed by atoms with Crippen molar-refractivity contribution in [2.24, 2.45) is 17.8 Å². The molecule has 1 aliphatic carbocycles. The van der Waals surface area contributed by atoms with Crippen LogP contribution < -0.4 is 26.3 Å². The lowest BCUT2D eigenvalue weighted by Crippen LogP contribution is -3.16. The van der Waals surface area contributed by atoms with Gasteiger partial charge in [0, 0.05) is 56.8 Å². The summed E-state index contributed by atoms with van der Waals surface area (Å²) in [6.07, 6.45) is 13.5. The first-order valence-corrected chi connectivity index (χ1v) is 14.2. The smallest absolute Gasteiger partial charge is 0.183 e. The minimum atomic E-state index is 0.170. The second kappa shape index (κ2) is 10.7. The van der Waals surface area contributed by atoms with Crippen LogP contribution in [-0.2, 0) is 9.57 Å². The summed E-state index contributed by atoms with van der Waals surface area (Å²) in [5, 5.41) is 10.4. The number of piperidine rings is 2. The van der Waals surface area contributed by atoms with Gasteiger partial charge in [-0.3, -0.25) is 10.2 Å². The number of nitrogens with two attached hydrogens (primary N) is 1. The minimum Gasteiger partial charge on any atom is -0.379 e. The van der Waals surface area contributed by atoms with Gasteiger partial charge in [0.1, 0.15) is 12.2 Å². The molecule has 0 bridgehead atoms. The van der Waals surface area contributed by atoms with Gasteiger partial charge in [0.05, 0.1) is 39.0 Å². The van der Waals surface area contributed by atoms with Crippen LogP contribution in [0, 0.1) is 17.8 Å². The predicted octanol–water partition coefficient (Wildman–Crippen LogP) is -1.39. The molecule has 188 valence electrons. The van der Waals surface area contributed by atoms with E-state index in [0.29, 0.717) is 24.3 Å². The van der Waals surface area contributed by atoms with Crippen molar-refractivity contribution in [1.29, 1.82) is 0 Å². The standard InChI is InChI=1S/C25H46N6O2/c1-2-5-21-19(4-1)14-18(15-26-21)17-31-9-3-6-22(31)25-28-24(29-33-25)20-7-8-23(27-16-20)30-10-12-32-13-11-30/h18-29H,1-17H2/p+2. The highest BCUT2D eigenvalue weighted by Gasteiger charge is 2.45. The van der Waals surface area contributed by atoms with E-state index in [1.54, 1.807) is 4.90 Å². The monoisotopic (exact) mass is 464 g/mol. The summed E-state index contributed by atoms with van der Waals surface area (Å²) >= 11 is 0. The Balaban J connectivity index is 0.972. The Bertz CT molecular complexity index is 626. The normalized spacial score (nSPS) is 47.5. The summed E-state index contributed by atoms with van der Waals surface area (Å²) in [6.45, 7) is 9.04. The van der Waals surface area contributed by atoms with Crippen LogP contribution >= 0.6 is 0 Å². The summed E-state index contributed by atoms with van der Waals surface area (Å²) in [5.41, 5.74) is 3.42. The molecule has 8 nitrogen and oxygen atoms in total. The Morgan fingerprint density at radius 3 is 2.76 bits per heavy atom. The first-order valence-electron chi connectivity index (χ1n) is 14.2. The van der Waals surface area contributed by atoms with Crippen LogP contribution in [0.3, 0.4) is 0 Å². The summed E-state index contributed by atoms with van der Waals surface area (Å²) in [7, 11) is 0. The van der Waals surface area contributed by atoms with Gasteiger partial charge in [-0.25, -0.2) is 4.90 Å². The molecule has 0 amide bonds. The van der Waals surface area contributed by atoms with Crippen LogP contribution in [-0.4, -0.2) is 88.0 Å². The Labute approximate surface area is 199 Å². The number of hydroxylamine groups is 1. The molecule has 0 aromatic heterocycles. The van der Waals surface area contributed by atoms with Crippen molar-refractivity contribution in [1.82, 2.24) is 21.0 Å². The molecule has 5 heterocycles. The molecular weight excluding hydrogens is 416 g/mol. The highest BCUT2D eigenvalue weighted by atomic mass is 16.7. The van der Waals surface area contributed by atoms with Gasteiger partial charge >= 0.3 is 0 Å². The second-order valence-electron chi connectivity index (χ2n) is 11.8. The third-order valence-electron chi connectivity index (χ3n) is 9.86. The number of nitrogens with zero attached hydrogens (tertiary/aromatic N) is 1. The van der Waals surface area contributed by atoms with Crippen LogP contribution in [0.15, 0.2) is 0 Å². The SMILES string of the molecule is C1CCC2NCC(C[NH+]3CCCC3C3NC(C4CCC(N5CCOCC5)[NH2+]C4)NO3)CC2C1. The lowest BCUT2D eigenvalue weighted by atomic mass is 9.76. The van der Waals surface area contributed by atoms with Crippen molar-refractivity contribution >= 4 is 0 Å². The largest absolute Gasteiger partial charge is 0.379 e. The molecular formula is C25H48N6O2+2. The lowest BCUT2D eigenvalue weighted by molar-refractivity contribution is -0.919. The lowest BCUT2D eigenvalue weighted by Gasteiger charge is -2.41. The maximum Gasteiger partial charge on any atom is 0.183 e. The molecule has 5 aliphatic heterocycles. The topological polar surface area (TPSA) is 78.8 Å². The van der Waals surface area contributed by atoms with Gasteiger partial charge in [-0.15, -0.1) is 0 Å². The zero-order valence-electron chi connectivity index (χ0n) is 20.5. The van der Waals surface area contributed by atoms with E-state index in [4.69, 9.17) is 9.57 Å². The van der Waals surface area contributed by atoms with E-state index in [0.717, 1.165) is 44.2 Å². The number of fused-ring (bicyclic) bond motifs is 1. The molecule has 33 heavy (non-hydrogen) atoms. The number of likely N-dealkylation sites (tertiary alicyclic amines) is 1. The average molecular weight is 465 g/mol. The van der Waals surface area contributed by atoms with Crippen LogP contribution in [0.25, 0.3) is 0 Å². The van der Waals surface area contributed by atoms with Gasteiger partial charge in [-0.2, -0.15) is 5.48 Å². The van der Waals surface area contributed by atoms with Crippen LogP contribution in [0.2, 0.25) is 0 Å². The molecule has 6 N–H and O–H groups in total. The van der Waals surface area contributed by atoms with Crippen molar-refractivity contribution in [3.8, 4) is 0 Å². The Hall–Kier alpha value is -0.320. The number of ether oxygens (including phenoxy) is 1. The fourth-order valence-corrected chi connectivity index (χ4v) is 7.99. The molecule has 9 atom stereocenters. The molecule has 9 unspecified atom stereocenters. The van der Waals surface area contributed by atoms with Crippen molar-refractivity contribution < 1.29 is 19.8 Å². The van der Waals surface area contributed by atoms with Crippen molar-refractivity contribution in [2.45, 2.75) is 88.4 Å². The Kier molecular flexibility index (Phi) is 7.52. The number of nitrogens with one attached hydrogen (secondary N) is 4. The Morgan fingerprint density at radius 1 is 0.970 bits per heavy atom. The van der Waals surface area contributed by atoms with E-state index in [9.17, 15) is 0 Å². The van der Waals surface area contributed by atoms with Gasteiger partial charge in [-0.1, -0.05) is 12.8 Å². The minimum absolute atomic E-state index is 0.170. The fourth-order valence-electron chi connectivity index (χ4n) is 7.99. The van der Waals surface area contributed by atoms with E-state index in [-0.39, 0.29) is 6.23 Å². The fraction of sp³-hybridized carbons (Fsp3) is 1.00. The Morgan fingerprint density at radius 2 is 1.88 bits per heavy atom. The molecule has 6 fully saturated rings. The van der Waals surface area contributed by atoms with Gasteiger partial charge in [0.25, 0.3) is 0 Å². The van der Waals surface area contributed by atoms with E-state index in [2.05, 4.69) is 26.3 Å². The van der Waals surface area contributed by atoms with E-state index in [1.807, 2.05) is 0 Å². The zero-order valence-corrected chi connectivity index (χ0v) is 20.5. The average Bonchev–Trinajstić information content (AvgIpc) is 3.54. The second-order valence-corrected chi connectivity index (χ2v) is 11.8. The zero-order chi connectivity index (χ0) is 22.0. The van der Waals surface area contributed by atoms with E-state index < -0.39 is 0 Å². The van der Waals surface area contributed by atoms with Crippen molar-refractivity contribution in [3.05, 3.63) is 0 Å². The summed E-state index contributed by atoms with van der Waals surface area (Å²) in [4.78, 5) is 10.6. The van der Waals surface area contributed by atoms with Crippen LogP contribution in [0.5, 0.6) is 0 Å². The van der Waals surface area contributed by atoms with E-state index >= 15 is 0 Å². The van der Waals surface area contributed by atoms with Crippen molar-refractivity contribution in [3.63, 3.8) is 0 Å². The number of hydrogen-bond acceptors (Lipinski definition) is 6. The molecule has 0 aromatic carbocycles. The maximum atomic E-state index is 6.21. The summed E-state index contributed by atoms with van der Waals surface area (Å²) in [5.74, 6) is 2.42. The van der Waals surface area contributed by atoms with Crippen LogP contribution in [0.1, 0.15) is 57.8 Å². The number of morpholine rings is 1. The number of rotatable bonds is 5. The predicted molar refractivity (Wildman–Crippen MR) is 126 cm³/mol. The van der Waals surface area contributed by atoms with Gasteiger partial charge < -0.3 is 20.3 Å². The third kappa shape index (κ3) is 5.28. The molecule has 8 heteroatoms. The quantitative estimate of drug-likeness (QED) is 0.345. The molecule has 0 aromatic rings. The molecule has 6 aliphatic rings. The number of quaternary nitrogens is 2. The van der Waals surface area contributed by atoms with E-state index in [1.165, 1.54) is 84.0 Å². The molecule has 0 radical (unpaired) electrons. The van der Waals surface area contributed by atoms with Gasteiger partial charge in [0.15, 0.2) is 6.23 Å². The van der Waals surface area contributed by atoms with Gasteiger partial charge in [-0.05, 0) is 31.6 Å². The van der Waals surface area contributed by atoms with Crippen molar-refractivity contribution in [2.75, 3.05) is 52.5 Å². The maximum absolute atomic E-state index is 6.21. The molecule has 1 saturated carbocycles. The highest BCUT2D eigenvalue weighted by Crippen LogP contribution is 2.32. The summed E-state index contributed by atoms with van der Waals surface area (Å²) < 4.78 is 5.54. The molecule has 0 spiro atoms. The molecule has 6 rings (SSSR count). The number of hydrogen-bond donors (Lipinski definition) is 5. The third-order valence-corrected chi connectivity index (χ3v) is 9.86. The first-order chi connectivity index (χ1) is 16.3. The van der Waals surface area contributed by atoms with Gasteiger partial charge in [0.2, 0.25) is 0 Å². The summed E-state index contributed by atoms with van der Waals surface area (Å²) in [6, 6.07) is 1.42. The molecule has 5 saturated heterocycles. The first kappa shape index (κ1) is 23.1. The van der Waals surface area contributed by atoms with Crippen LogP contribution in [0.4, 0.5) is 0 Å². The highest BCUT2D eigenvalue weighted by molar-refractivity contribution is 4.89.